The maximum absolute atomic E-state index is 13.9. The van der Waals surface area contributed by atoms with E-state index >= 15 is 0 Å². The number of aromatic amines is 1. The first kappa shape index (κ1) is 40.0. The van der Waals surface area contributed by atoms with Gasteiger partial charge < -0.3 is 39.5 Å². The summed E-state index contributed by atoms with van der Waals surface area (Å²) in [5, 5.41) is 5.42. The molecule has 58 heavy (non-hydrogen) atoms. The number of nitrogens with zero attached hydrogens (tertiary/aromatic N) is 6. The summed E-state index contributed by atoms with van der Waals surface area (Å²) in [6.45, 7) is 5.01. The average molecular weight is 790 g/mol. The van der Waals surface area contributed by atoms with E-state index in [-0.39, 0.29) is 36.2 Å². The van der Waals surface area contributed by atoms with Gasteiger partial charge in [0.1, 0.15) is 17.9 Å². The van der Waals surface area contributed by atoms with Gasteiger partial charge in [0.05, 0.1) is 50.2 Å². The van der Waals surface area contributed by atoms with E-state index in [1.807, 2.05) is 38.2 Å². The van der Waals surface area contributed by atoms with E-state index in [1.165, 1.54) is 14.2 Å². The molecule has 3 aliphatic heterocycles. The number of aromatic nitrogens is 4. The van der Waals surface area contributed by atoms with E-state index < -0.39 is 24.3 Å². The topological polar surface area (TPSA) is 176 Å². The molecule has 4 amide bonds. The number of benzene rings is 2. The van der Waals surface area contributed by atoms with E-state index in [1.54, 1.807) is 22.0 Å². The van der Waals surface area contributed by atoms with Gasteiger partial charge in [-0.3, -0.25) is 14.6 Å². The van der Waals surface area contributed by atoms with E-state index in [9.17, 15) is 19.2 Å². The summed E-state index contributed by atoms with van der Waals surface area (Å²) >= 11 is 0. The van der Waals surface area contributed by atoms with Crippen molar-refractivity contribution >= 4 is 35.3 Å². The van der Waals surface area contributed by atoms with E-state index in [0.717, 1.165) is 64.9 Å². The van der Waals surface area contributed by atoms with Gasteiger partial charge in [-0.25, -0.2) is 19.6 Å². The van der Waals surface area contributed by atoms with E-state index in [4.69, 9.17) is 19.5 Å². The number of imidazole rings is 2. The van der Waals surface area contributed by atoms with Gasteiger partial charge in [-0.15, -0.1) is 0 Å². The third-order valence-corrected chi connectivity index (χ3v) is 11.2. The van der Waals surface area contributed by atoms with Gasteiger partial charge >= 0.3 is 12.2 Å². The fraction of sp³-hybridized carbons (Fsp3) is 0.419. The molecule has 2 aromatic heterocycles. The molecule has 5 heterocycles. The fourth-order valence-electron chi connectivity index (χ4n) is 8.15. The Labute approximate surface area is 337 Å². The number of H-pyrrole nitrogens is 1. The first-order valence-electron chi connectivity index (χ1n) is 19.8. The van der Waals surface area contributed by atoms with Crippen molar-refractivity contribution in [1.82, 2.24) is 40.0 Å². The first-order valence-corrected chi connectivity index (χ1v) is 19.8. The lowest BCUT2D eigenvalue weighted by Gasteiger charge is -2.31. The Morgan fingerprint density at radius 1 is 0.810 bits per heavy atom. The molecule has 304 valence electrons. The van der Waals surface area contributed by atoms with Gasteiger partial charge in [0.15, 0.2) is 0 Å². The normalized spacial score (nSPS) is 18.8. The second kappa shape index (κ2) is 17.5. The number of aryl methyl sites for hydroxylation is 1. The van der Waals surface area contributed by atoms with Crippen molar-refractivity contribution < 1.29 is 28.7 Å². The minimum atomic E-state index is -0.832. The molecule has 0 bridgehead atoms. The predicted molar refractivity (Wildman–Crippen MR) is 218 cm³/mol. The van der Waals surface area contributed by atoms with Crippen LogP contribution < -0.4 is 10.6 Å². The third-order valence-electron chi connectivity index (χ3n) is 11.2. The molecule has 4 aromatic rings. The summed E-state index contributed by atoms with van der Waals surface area (Å²) in [6.07, 6.45) is 10.1. The van der Waals surface area contributed by atoms with Crippen molar-refractivity contribution in [1.29, 1.82) is 0 Å². The number of aliphatic imine (C=N–C) groups is 1. The first-order chi connectivity index (χ1) is 28.0. The molecule has 15 nitrogen and oxygen atoms in total. The van der Waals surface area contributed by atoms with Gasteiger partial charge in [0.25, 0.3) is 0 Å². The van der Waals surface area contributed by atoms with Crippen LogP contribution in [-0.2, 0) is 32.5 Å². The average Bonchev–Trinajstić information content (AvgIpc) is 4.09. The Balaban J connectivity index is 0.971. The predicted octanol–water partition coefficient (Wildman–Crippen LogP) is 5.67. The Hall–Kier alpha value is -6.25. The van der Waals surface area contributed by atoms with Crippen LogP contribution in [0.15, 0.2) is 78.4 Å². The zero-order valence-corrected chi connectivity index (χ0v) is 33.6. The molecule has 4 atom stereocenters. The Kier molecular flexibility index (Phi) is 12.1. The monoisotopic (exact) mass is 789 g/mol. The third kappa shape index (κ3) is 8.67. The molecule has 0 aliphatic carbocycles. The molecule has 3 N–H and O–H groups in total. The number of amides is 4. The number of nitrogens with one attached hydrogen (secondary N) is 3. The van der Waals surface area contributed by atoms with Crippen molar-refractivity contribution in [2.75, 3.05) is 27.3 Å². The number of ether oxygens (including phenoxy) is 2. The maximum atomic E-state index is 13.9. The van der Waals surface area contributed by atoms with Crippen LogP contribution in [0.3, 0.4) is 0 Å². The van der Waals surface area contributed by atoms with Crippen molar-refractivity contribution in [3.8, 4) is 22.4 Å². The minimum Gasteiger partial charge on any atom is -0.453 e. The highest BCUT2D eigenvalue weighted by atomic mass is 16.5. The number of carbonyl (C=O) groups excluding carboxylic acids is 4. The van der Waals surface area contributed by atoms with Crippen LogP contribution >= 0.6 is 0 Å². The van der Waals surface area contributed by atoms with Crippen LogP contribution in [0.4, 0.5) is 9.59 Å². The molecule has 0 saturated carbocycles. The van der Waals surface area contributed by atoms with Crippen molar-refractivity contribution in [3.63, 3.8) is 0 Å². The second-order valence-corrected chi connectivity index (χ2v) is 15.4. The largest absolute Gasteiger partial charge is 0.453 e. The van der Waals surface area contributed by atoms with Crippen LogP contribution in [0.25, 0.3) is 28.0 Å². The Bertz CT molecular complexity index is 2190. The number of rotatable bonds is 12. The lowest BCUT2D eigenvalue weighted by Crippen LogP contribution is -2.53. The summed E-state index contributed by atoms with van der Waals surface area (Å²) in [5.41, 5.74) is 7.80. The number of hydrogen-bond donors (Lipinski definition) is 3. The quantitative estimate of drug-likeness (QED) is 0.165. The van der Waals surface area contributed by atoms with Gasteiger partial charge in [0.2, 0.25) is 11.8 Å². The van der Waals surface area contributed by atoms with E-state index in [2.05, 4.69) is 69.1 Å². The molecule has 15 heteroatoms. The SMILES string of the molecule is COC(=O)N[C@@H](Cc1cn(C)cn1)C(=O)N1CCC[C@H]1c1ncc(-c2ccc(-c3ccc(C4=CN=C([C@@H]5CCCN5C(=O)[C@@H](NC(=O)OC)C(C)C)C4)cc3)cc2)[nH]1. The highest BCUT2D eigenvalue weighted by Crippen LogP contribution is 2.34. The number of carbonyl (C=O) groups is 4. The standard InChI is InChI=1S/C43H51N9O6/c1-26(2)38(49-43(56)58-5)41(54)51-18-6-8-36(51)33-20-31(22-44-33)29-12-10-27(11-13-29)28-14-16-30(17-15-28)35-23-45-39(47-35)37-9-7-19-52(37)40(53)34(48-42(55)57-4)21-32-24-50(3)25-46-32/h10-17,22-26,34,36-38H,6-9,18-21H2,1-5H3,(H,45,47)(H,48,55)(H,49,56)/t34-,36-,37-,38-/m0/s1. The minimum absolute atomic E-state index is 0.0885. The molecule has 2 aromatic carbocycles. The number of allylic oxidation sites excluding steroid dienone is 1. The van der Waals surface area contributed by atoms with Crippen LogP contribution in [0, 0.1) is 5.92 Å². The molecule has 2 fully saturated rings. The van der Waals surface area contributed by atoms with Crippen molar-refractivity contribution in [3.05, 3.63) is 90.5 Å². The van der Waals surface area contributed by atoms with Gasteiger partial charge in [-0.05, 0) is 59.4 Å². The Morgan fingerprint density at radius 3 is 2.03 bits per heavy atom. The summed E-state index contributed by atoms with van der Waals surface area (Å²) in [5.74, 6) is 0.301. The zero-order chi connectivity index (χ0) is 40.9. The highest BCUT2D eigenvalue weighted by molar-refractivity contribution is 6.04. The zero-order valence-electron chi connectivity index (χ0n) is 33.6. The number of hydrogen-bond acceptors (Lipinski definition) is 9. The molecule has 7 rings (SSSR count). The van der Waals surface area contributed by atoms with Crippen LogP contribution in [-0.4, -0.2) is 104 Å². The number of alkyl carbamates (subject to hydrolysis) is 2. The van der Waals surface area contributed by atoms with E-state index in [0.29, 0.717) is 31.0 Å². The molecule has 0 radical (unpaired) electrons. The molecular weight excluding hydrogens is 739 g/mol. The smallest absolute Gasteiger partial charge is 0.407 e. The summed E-state index contributed by atoms with van der Waals surface area (Å²) in [6, 6.07) is 14.9. The molecular formula is C43H51N9O6. The maximum Gasteiger partial charge on any atom is 0.407 e. The van der Waals surface area contributed by atoms with Gasteiger partial charge in [0, 0.05) is 51.1 Å². The van der Waals surface area contributed by atoms with Crippen LogP contribution in [0.2, 0.25) is 0 Å². The van der Waals surface area contributed by atoms with Gasteiger partial charge in [-0.2, -0.15) is 0 Å². The molecule has 3 aliphatic rings. The van der Waals surface area contributed by atoms with Crippen molar-refractivity contribution in [2.24, 2.45) is 18.0 Å². The summed E-state index contributed by atoms with van der Waals surface area (Å²) in [4.78, 5) is 72.5. The molecule has 2 saturated heterocycles. The Morgan fingerprint density at radius 2 is 1.41 bits per heavy atom. The van der Waals surface area contributed by atoms with Crippen LogP contribution in [0.5, 0.6) is 0 Å². The lowest BCUT2D eigenvalue weighted by molar-refractivity contribution is -0.135. The van der Waals surface area contributed by atoms with Gasteiger partial charge in [-0.1, -0.05) is 62.4 Å². The number of methoxy groups -OCH3 is 2. The summed E-state index contributed by atoms with van der Waals surface area (Å²) in [7, 11) is 4.43. The molecule has 0 unspecified atom stereocenters. The number of likely N-dealkylation sites (tertiary alicyclic amines) is 2. The van der Waals surface area contributed by atoms with Crippen molar-refractivity contribution in [2.45, 2.75) is 76.5 Å². The second-order valence-electron chi connectivity index (χ2n) is 15.4. The lowest BCUT2D eigenvalue weighted by atomic mass is 9.95. The highest BCUT2D eigenvalue weighted by Gasteiger charge is 2.39. The fourth-order valence-corrected chi connectivity index (χ4v) is 8.15. The summed E-state index contributed by atoms with van der Waals surface area (Å²) < 4.78 is 11.4. The van der Waals surface area contributed by atoms with Crippen LogP contribution in [0.1, 0.15) is 69.1 Å². The molecule has 0 spiro atoms.